The van der Waals surface area contributed by atoms with Crippen molar-refractivity contribution in [1.29, 1.82) is 0 Å². The normalized spacial score (nSPS) is 16.0. The minimum absolute atomic E-state index is 0. The average molecular weight is 513 g/mol. The number of ether oxygens (including phenoxy) is 1. The maximum atomic E-state index is 5.19. The first-order valence-corrected chi connectivity index (χ1v) is 10.5. The SMILES string of the molecule is CCNC(=NCCc1c[nH]c2c(C)cccc12)NC1CCN(CCOC)CC1.I. The first-order valence-electron chi connectivity index (χ1n) is 10.5. The standard InChI is InChI=1S/C22H35N5O.HI/c1-4-23-22(26-19-9-12-27(13-10-19)14-15-28-3)24-11-8-18-16-25-21-17(2)6-5-7-20(18)21;/h5-7,16,19,25H,4,8-15H2,1-3H3,(H2,23,24,26);1H. The molecule has 2 aromatic rings. The van der Waals surface area contributed by atoms with Crippen LogP contribution in [0.25, 0.3) is 10.9 Å². The molecule has 1 aliphatic heterocycles. The quantitative estimate of drug-likeness (QED) is 0.288. The molecule has 0 atom stereocenters. The van der Waals surface area contributed by atoms with Crippen molar-refractivity contribution in [3.05, 3.63) is 35.5 Å². The number of aryl methyl sites for hydroxylation is 1. The first-order chi connectivity index (χ1) is 13.7. The fraction of sp³-hybridized carbons (Fsp3) is 0.591. The van der Waals surface area contributed by atoms with Crippen LogP contribution in [-0.2, 0) is 11.2 Å². The summed E-state index contributed by atoms with van der Waals surface area (Å²) in [6.07, 6.45) is 5.37. The monoisotopic (exact) mass is 513 g/mol. The van der Waals surface area contributed by atoms with E-state index in [0.29, 0.717) is 6.04 Å². The largest absolute Gasteiger partial charge is 0.383 e. The maximum absolute atomic E-state index is 5.19. The summed E-state index contributed by atoms with van der Waals surface area (Å²) >= 11 is 0. The van der Waals surface area contributed by atoms with Crippen molar-refractivity contribution in [1.82, 2.24) is 20.5 Å². The van der Waals surface area contributed by atoms with Gasteiger partial charge < -0.3 is 25.3 Å². The van der Waals surface area contributed by atoms with E-state index in [1.165, 1.54) is 22.0 Å². The van der Waals surface area contributed by atoms with Crippen LogP contribution in [0.5, 0.6) is 0 Å². The second-order valence-electron chi connectivity index (χ2n) is 7.58. The number of benzene rings is 1. The van der Waals surface area contributed by atoms with Crippen molar-refractivity contribution in [2.45, 2.75) is 39.2 Å². The van der Waals surface area contributed by atoms with Crippen LogP contribution < -0.4 is 10.6 Å². The number of hydrogen-bond acceptors (Lipinski definition) is 3. The molecule has 162 valence electrons. The molecule has 1 fully saturated rings. The molecular formula is C22H36IN5O. The van der Waals surface area contributed by atoms with E-state index >= 15 is 0 Å². The van der Waals surface area contributed by atoms with E-state index in [0.717, 1.165) is 64.6 Å². The summed E-state index contributed by atoms with van der Waals surface area (Å²) in [5.41, 5.74) is 3.87. The first kappa shape index (κ1) is 24.0. The Kier molecular flexibility index (Phi) is 10.2. The number of H-pyrrole nitrogens is 1. The van der Waals surface area contributed by atoms with Crippen LogP contribution in [0.4, 0.5) is 0 Å². The highest BCUT2D eigenvalue weighted by atomic mass is 127. The number of para-hydroxylation sites is 1. The number of rotatable bonds is 8. The number of fused-ring (bicyclic) bond motifs is 1. The molecule has 0 radical (unpaired) electrons. The van der Waals surface area contributed by atoms with E-state index in [-0.39, 0.29) is 24.0 Å². The van der Waals surface area contributed by atoms with Gasteiger partial charge >= 0.3 is 0 Å². The number of guanidine groups is 1. The molecule has 0 amide bonds. The van der Waals surface area contributed by atoms with Gasteiger partial charge in [0, 0.05) is 63.0 Å². The molecule has 0 aliphatic carbocycles. The van der Waals surface area contributed by atoms with E-state index in [4.69, 9.17) is 9.73 Å². The Morgan fingerprint density at radius 3 is 2.83 bits per heavy atom. The molecule has 3 rings (SSSR count). The van der Waals surface area contributed by atoms with Crippen molar-refractivity contribution in [3.8, 4) is 0 Å². The number of nitrogens with one attached hydrogen (secondary N) is 3. The van der Waals surface area contributed by atoms with Crippen molar-refractivity contribution in [2.24, 2.45) is 4.99 Å². The zero-order valence-electron chi connectivity index (χ0n) is 18.0. The second-order valence-corrected chi connectivity index (χ2v) is 7.58. The summed E-state index contributed by atoms with van der Waals surface area (Å²) in [5.74, 6) is 0.939. The summed E-state index contributed by atoms with van der Waals surface area (Å²) in [6, 6.07) is 6.96. The minimum atomic E-state index is 0. The number of likely N-dealkylation sites (tertiary alicyclic amines) is 1. The highest BCUT2D eigenvalue weighted by Crippen LogP contribution is 2.21. The summed E-state index contributed by atoms with van der Waals surface area (Å²) in [4.78, 5) is 10.7. The van der Waals surface area contributed by atoms with Crippen LogP contribution in [0.3, 0.4) is 0 Å². The smallest absolute Gasteiger partial charge is 0.191 e. The number of hydrogen-bond donors (Lipinski definition) is 3. The number of methoxy groups -OCH3 is 1. The molecule has 1 aromatic heterocycles. The highest BCUT2D eigenvalue weighted by molar-refractivity contribution is 14.0. The van der Waals surface area contributed by atoms with Gasteiger partial charge in [0.1, 0.15) is 0 Å². The predicted molar refractivity (Wildman–Crippen MR) is 133 cm³/mol. The van der Waals surface area contributed by atoms with Gasteiger partial charge in [0.2, 0.25) is 0 Å². The van der Waals surface area contributed by atoms with Crippen molar-refractivity contribution in [2.75, 3.05) is 46.4 Å². The Morgan fingerprint density at radius 2 is 2.10 bits per heavy atom. The fourth-order valence-corrected chi connectivity index (χ4v) is 3.89. The lowest BCUT2D eigenvalue weighted by molar-refractivity contribution is 0.128. The second kappa shape index (κ2) is 12.4. The van der Waals surface area contributed by atoms with Crippen molar-refractivity contribution >= 4 is 40.8 Å². The molecule has 6 nitrogen and oxygen atoms in total. The van der Waals surface area contributed by atoms with Crippen molar-refractivity contribution in [3.63, 3.8) is 0 Å². The van der Waals surface area contributed by atoms with Gasteiger partial charge in [-0.25, -0.2) is 0 Å². The Hall–Kier alpha value is -1.32. The van der Waals surface area contributed by atoms with Gasteiger partial charge in [-0.05, 0) is 44.2 Å². The van der Waals surface area contributed by atoms with Gasteiger partial charge in [0.15, 0.2) is 5.96 Å². The molecule has 3 N–H and O–H groups in total. The van der Waals surface area contributed by atoms with E-state index < -0.39 is 0 Å². The molecule has 1 aliphatic rings. The van der Waals surface area contributed by atoms with Crippen molar-refractivity contribution < 1.29 is 4.74 Å². The average Bonchev–Trinajstić information content (AvgIpc) is 3.12. The number of aromatic nitrogens is 1. The summed E-state index contributed by atoms with van der Waals surface area (Å²) < 4.78 is 5.19. The zero-order chi connectivity index (χ0) is 19.8. The molecule has 0 bridgehead atoms. The Morgan fingerprint density at radius 1 is 1.31 bits per heavy atom. The van der Waals surface area contributed by atoms with E-state index in [9.17, 15) is 0 Å². The van der Waals surface area contributed by atoms with E-state index in [1.807, 2.05) is 0 Å². The number of piperidine rings is 1. The molecule has 0 saturated carbocycles. The lowest BCUT2D eigenvalue weighted by Gasteiger charge is -2.32. The molecular weight excluding hydrogens is 477 g/mol. The molecule has 29 heavy (non-hydrogen) atoms. The third-order valence-corrected chi connectivity index (χ3v) is 5.54. The van der Waals surface area contributed by atoms with Crippen LogP contribution in [-0.4, -0.2) is 68.3 Å². The van der Waals surface area contributed by atoms with Gasteiger partial charge in [-0.15, -0.1) is 24.0 Å². The van der Waals surface area contributed by atoms with Crippen LogP contribution in [0, 0.1) is 6.92 Å². The number of nitrogens with zero attached hydrogens (tertiary/aromatic N) is 2. The van der Waals surface area contributed by atoms with Crippen LogP contribution >= 0.6 is 24.0 Å². The third-order valence-electron chi connectivity index (χ3n) is 5.54. The van der Waals surface area contributed by atoms with E-state index in [2.05, 4.69) is 58.8 Å². The minimum Gasteiger partial charge on any atom is -0.383 e. The number of aromatic amines is 1. The van der Waals surface area contributed by atoms with Crippen LogP contribution in [0.15, 0.2) is 29.4 Å². The van der Waals surface area contributed by atoms with Gasteiger partial charge in [-0.2, -0.15) is 0 Å². The highest BCUT2D eigenvalue weighted by Gasteiger charge is 2.19. The lowest BCUT2D eigenvalue weighted by atomic mass is 10.1. The van der Waals surface area contributed by atoms with Gasteiger partial charge in [-0.1, -0.05) is 18.2 Å². The zero-order valence-corrected chi connectivity index (χ0v) is 20.3. The number of halogens is 1. The summed E-state index contributed by atoms with van der Waals surface area (Å²) in [7, 11) is 1.77. The predicted octanol–water partition coefficient (Wildman–Crippen LogP) is 3.30. The Bertz CT molecular complexity index is 768. The van der Waals surface area contributed by atoms with Crippen LogP contribution in [0.2, 0.25) is 0 Å². The van der Waals surface area contributed by atoms with Gasteiger partial charge in [0.05, 0.1) is 6.61 Å². The Balaban J connectivity index is 0.00000300. The molecule has 0 spiro atoms. The number of aliphatic imine (C=N–C) groups is 1. The molecule has 7 heteroatoms. The fourth-order valence-electron chi connectivity index (χ4n) is 3.89. The molecule has 2 heterocycles. The summed E-state index contributed by atoms with van der Waals surface area (Å²) in [6.45, 7) is 10.0. The molecule has 0 unspecified atom stereocenters. The topological polar surface area (TPSA) is 64.7 Å². The molecule has 1 aromatic carbocycles. The maximum Gasteiger partial charge on any atom is 0.191 e. The van der Waals surface area contributed by atoms with Gasteiger partial charge in [-0.3, -0.25) is 4.99 Å². The lowest BCUT2D eigenvalue weighted by Crippen LogP contribution is -2.49. The van der Waals surface area contributed by atoms with Gasteiger partial charge in [0.25, 0.3) is 0 Å². The third kappa shape index (κ3) is 6.86. The summed E-state index contributed by atoms with van der Waals surface area (Å²) in [5, 5.41) is 8.35. The Labute approximate surface area is 191 Å². The van der Waals surface area contributed by atoms with Crippen LogP contribution in [0.1, 0.15) is 30.9 Å². The van der Waals surface area contributed by atoms with E-state index in [1.54, 1.807) is 7.11 Å². The molecule has 1 saturated heterocycles.